The third-order valence-corrected chi connectivity index (χ3v) is 4.86. The van der Waals surface area contributed by atoms with Crippen LogP contribution in [0.2, 0.25) is 0 Å². The molecule has 0 radical (unpaired) electrons. The van der Waals surface area contributed by atoms with E-state index in [1.165, 1.54) is 22.4 Å². The minimum atomic E-state index is 0.00352. The lowest BCUT2D eigenvalue weighted by molar-refractivity contribution is 0.0288. The molecule has 4 heteroatoms. The molecule has 0 N–H and O–H groups in total. The predicted molar refractivity (Wildman–Crippen MR) is 103 cm³/mol. The first kappa shape index (κ1) is 16.9. The molecule has 1 aliphatic rings. The summed E-state index contributed by atoms with van der Waals surface area (Å²) in [6.45, 7) is 4.67. The Bertz CT molecular complexity index is 853. The van der Waals surface area contributed by atoms with Crippen molar-refractivity contribution in [3.05, 3.63) is 83.7 Å². The number of rotatable bonds is 5. The van der Waals surface area contributed by atoms with Crippen LogP contribution in [0.3, 0.4) is 0 Å². The smallest absolute Gasteiger partial charge is 0.138 e. The van der Waals surface area contributed by atoms with Crippen LogP contribution in [0.5, 0.6) is 5.75 Å². The number of benzene rings is 2. The molecule has 0 amide bonds. The van der Waals surface area contributed by atoms with E-state index in [2.05, 4.69) is 71.2 Å². The van der Waals surface area contributed by atoms with Gasteiger partial charge in [0.25, 0.3) is 0 Å². The molecule has 1 aliphatic heterocycles. The zero-order valence-electron chi connectivity index (χ0n) is 15.3. The van der Waals surface area contributed by atoms with Gasteiger partial charge in [0, 0.05) is 36.7 Å². The molecule has 0 unspecified atom stereocenters. The SMILES string of the molecule is COc1ccc(CN2CCO[C@@H]2c2ccn(-c3ccc(C)cc3)c2)cc1. The van der Waals surface area contributed by atoms with Crippen molar-refractivity contribution in [1.82, 2.24) is 9.47 Å². The van der Waals surface area contributed by atoms with E-state index in [0.717, 1.165) is 25.4 Å². The average Bonchev–Trinajstić information content (AvgIpc) is 3.32. The fourth-order valence-electron chi connectivity index (χ4n) is 3.38. The van der Waals surface area contributed by atoms with Crippen LogP contribution in [0.25, 0.3) is 5.69 Å². The van der Waals surface area contributed by atoms with Crippen LogP contribution in [0.4, 0.5) is 0 Å². The highest BCUT2D eigenvalue weighted by Gasteiger charge is 2.27. The van der Waals surface area contributed by atoms with Gasteiger partial charge in [0.2, 0.25) is 0 Å². The lowest BCUT2D eigenvalue weighted by atomic mass is 10.2. The van der Waals surface area contributed by atoms with Gasteiger partial charge in [-0.15, -0.1) is 0 Å². The number of methoxy groups -OCH3 is 1. The van der Waals surface area contributed by atoms with Crippen LogP contribution in [0.1, 0.15) is 22.9 Å². The van der Waals surface area contributed by atoms with Gasteiger partial charge < -0.3 is 14.0 Å². The molecule has 0 bridgehead atoms. The van der Waals surface area contributed by atoms with Gasteiger partial charge in [-0.05, 0) is 42.8 Å². The molecule has 4 nitrogen and oxygen atoms in total. The Hall–Kier alpha value is -2.56. The van der Waals surface area contributed by atoms with Gasteiger partial charge in [-0.3, -0.25) is 4.90 Å². The lowest BCUT2D eigenvalue weighted by Crippen LogP contribution is -2.23. The first-order valence-corrected chi connectivity index (χ1v) is 8.96. The summed E-state index contributed by atoms with van der Waals surface area (Å²) in [5, 5.41) is 0. The van der Waals surface area contributed by atoms with E-state index in [1.807, 2.05) is 12.1 Å². The van der Waals surface area contributed by atoms with E-state index in [-0.39, 0.29) is 6.23 Å². The molecule has 1 saturated heterocycles. The Morgan fingerprint density at radius 1 is 1.04 bits per heavy atom. The molecule has 3 aromatic rings. The van der Waals surface area contributed by atoms with E-state index in [1.54, 1.807) is 7.11 Å². The average molecular weight is 348 g/mol. The van der Waals surface area contributed by atoms with Crippen molar-refractivity contribution in [2.75, 3.05) is 20.3 Å². The Kier molecular flexibility index (Phi) is 4.78. The van der Waals surface area contributed by atoms with Gasteiger partial charge in [0.05, 0.1) is 13.7 Å². The lowest BCUT2D eigenvalue weighted by Gasteiger charge is -2.22. The van der Waals surface area contributed by atoms with Gasteiger partial charge in [0.15, 0.2) is 0 Å². The number of aromatic nitrogens is 1. The highest BCUT2D eigenvalue weighted by Crippen LogP contribution is 2.29. The molecule has 1 fully saturated rings. The predicted octanol–water partition coefficient (Wildman–Crippen LogP) is 4.33. The van der Waals surface area contributed by atoms with Crippen molar-refractivity contribution in [1.29, 1.82) is 0 Å². The van der Waals surface area contributed by atoms with Gasteiger partial charge in [-0.25, -0.2) is 0 Å². The standard InChI is InChI=1S/C22H24N2O2/c1-17-3-7-20(8-4-17)23-12-11-19(16-23)22-24(13-14-26-22)15-18-5-9-21(25-2)10-6-18/h3-12,16,22H,13-15H2,1-2H3/t22-/m1/s1. The highest BCUT2D eigenvalue weighted by atomic mass is 16.5. The van der Waals surface area contributed by atoms with Gasteiger partial charge in [-0.2, -0.15) is 0 Å². The van der Waals surface area contributed by atoms with Crippen molar-refractivity contribution in [2.45, 2.75) is 19.7 Å². The van der Waals surface area contributed by atoms with E-state index in [4.69, 9.17) is 9.47 Å². The Balaban J connectivity index is 1.50. The Morgan fingerprint density at radius 3 is 2.54 bits per heavy atom. The van der Waals surface area contributed by atoms with Crippen molar-refractivity contribution < 1.29 is 9.47 Å². The molecule has 134 valence electrons. The number of ether oxygens (including phenoxy) is 2. The largest absolute Gasteiger partial charge is 0.497 e. The second kappa shape index (κ2) is 7.36. The molecule has 4 rings (SSSR count). The first-order chi connectivity index (χ1) is 12.7. The molecular formula is C22H24N2O2. The van der Waals surface area contributed by atoms with Crippen molar-refractivity contribution in [2.24, 2.45) is 0 Å². The molecular weight excluding hydrogens is 324 g/mol. The summed E-state index contributed by atoms with van der Waals surface area (Å²) in [4.78, 5) is 2.37. The zero-order valence-corrected chi connectivity index (χ0v) is 15.3. The fourth-order valence-corrected chi connectivity index (χ4v) is 3.38. The summed E-state index contributed by atoms with van der Waals surface area (Å²) in [6, 6.07) is 19.0. The maximum absolute atomic E-state index is 6.02. The van der Waals surface area contributed by atoms with Crippen molar-refractivity contribution in [3.8, 4) is 11.4 Å². The van der Waals surface area contributed by atoms with Crippen LogP contribution >= 0.6 is 0 Å². The Labute approximate surface area is 154 Å². The topological polar surface area (TPSA) is 26.6 Å². The number of hydrogen-bond donors (Lipinski definition) is 0. The van der Waals surface area contributed by atoms with E-state index in [0.29, 0.717) is 0 Å². The maximum Gasteiger partial charge on any atom is 0.138 e. The normalized spacial score (nSPS) is 17.5. The summed E-state index contributed by atoms with van der Waals surface area (Å²) in [5.74, 6) is 0.887. The minimum Gasteiger partial charge on any atom is -0.497 e. The highest BCUT2D eigenvalue weighted by molar-refractivity contribution is 5.36. The summed E-state index contributed by atoms with van der Waals surface area (Å²) >= 11 is 0. The molecule has 2 aromatic carbocycles. The van der Waals surface area contributed by atoms with Gasteiger partial charge >= 0.3 is 0 Å². The van der Waals surface area contributed by atoms with Gasteiger partial charge in [0.1, 0.15) is 12.0 Å². The quantitative estimate of drug-likeness (QED) is 0.687. The summed E-state index contributed by atoms with van der Waals surface area (Å²) in [5.41, 5.74) is 4.89. The van der Waals surface area contributed by atoms with Crippen LogP contribution < -0.4 is 4.74 Å². The molecule has 26 heavy (non-hydrogen) atoms. The second-order valence-electron chi connectivity index (χ2n) is 6.73. The summed E-state index contributed by atoms with van der Waals surface area (Å²) < 4.78 is 13.4. The molecule has 1 atom stereocenters. The molecule has 0 saturated carbocycles. The fraction of sp³-hybridized carbons (Fsp3) is 0.273. The van der Waals surface area contributed by atoms with Crippen molar-refractivity contribution >= 4 is 0 Å². The van der Waals surface area contributed by atoms with Crippen LogP contribution in [0, 0.1) is 6.92 Å². The minimum absolute atomic E-state index is 0.00352. The van der Waals surface area contributed by atoms with Crippen LogP contribution in [-0.4, -0.2) is 29.7 Å². The zero-order chi connectivity index (χ0) is 17.9. The third kappa shape index (κ3) is 3.52. The Morgan fingerprint density at radius 2 is 1.81 bits per heavy atom. The van der Waals surface area contributed by atoms with E-state index in [9.17, 15) is 0 Å². The number of hydrogen-bond acceptors (Lipinski definition) is 3. The van der Waals surface area contributed by atoms with Crippen molar-refractivity contribution in [3.63, 3.8) is 0 Å². The monoisotopic (exact) mass is 348 g/mol. The van der Waals surface area contributed by atoms with Crippen LogP contribution in [0.15, 0.2) is 67.0 Å². The molecule has 0 aliphatic carbocycles. The second-order valence-corrected chi connectivity index (χ2v) is 6.73. The number of aryl methyl sites for hydroxylation is 1. The molecule has 2 heterocycles. The summed E-state index contributed by atoms with van der Waals surface area (Å²) in [6.07, 6.45) is 4.28. The van der Waals surface area contributed by atoms with E-state index < -0.39 is 0 Å². The first-order valence-electron chi connectivity index (χ1n) is 8.96. The van der Waals surface area contributed by atoms with Gasteiger partial charge in [-0.1, -0.05) is 29.8 Å². The number of nitrogens with zero attached hydrogens (tertiary/aromatic N) is 2. The van der Waals surface area contributed by atoms with Crippen LogP contribution in [-0.2, 0) is 11.3 Å². The third-order valence-electron chi connectivity index (χ3n) is 4.86. The molecule has 1 aromatic heterocycles. The molecule has 0 spiro atoms. The maximum atomic E-state index is 6.02. The van der Waals surface area contributed by atoms with E-state index >= 15 is 0 Å². The summed E-state index contributed by atoms with van der Waals surface area (Å²) in [7, 11) is 1.69.